The van der Waals surface area contributed by atoms with Crippen molar-refractivity contribution in [2.24, 2.45) is 27.6 Å². The van der Waals surface area contributed by atoms with E-state index in [-0.39, 0.29) is 22.4 Å². The van der Waals surface area contributed by atoms with Crippen molar-refractivity contribution in [2.45, 2.75) is 387 Å². The predicted octanol–water partition coefficient (Wildman–Crippen LogP) is 35.6. The van der Waals surface area contributed by atoms with Gasteiger partial charge in [0.25, 0.3) is 0 Å². The Balaban J connectivity index is 0.00000139. The van der Waals surface area contributed by atoms with Crippen LogP contribution in [0.3, 0.4) is 0 Å². The Morgan fingerprint density at radius 3 is 0.764 bits per heavy atom. The largest absolute Gasteiger partial charge is 0.497 e. The quantitative estimate of drug-likeness (QED) is 0.0618. The molecule has 0 heterocycles. The summed E-state index contributed by atoms with van der Waals surface area (Å²) in [6.07, 6.45) is 15.9. The number of methoxy groups -OCH3 is 2. The summed E-state index contributed by atoms with van der Waals surface area (Å²) >= 11 is 0. The van der Waals surface area contributed by atoms with Gasteiger partial charge in [-0.2, -0.15) is 0 Å². The van der Waals surface area contributed by atoms with Crippen molar-refractivity contribution in [3.8, 4) is 11.5 Å². The third-order valence-electron chi connectivity index (χ3n) is 25.9. The maximum absolute atomic E-state index is 10.2. The molecule has 2 aliphatic rings. The average molecular weight is 1750 g/mol. The number of carbonyl (C=O) groups is 1. The summed E-state index contributed by atoms with van der Waals surface area (Å²) < 4.78 is 15.4. The molecule has 8 heteroatoms. The molecule has 0 saturated heterocycles. The average Bonchev–Trinajstić information content (AvgIpc) is 0.954. The molecule has 690 valence electrons. The first-order chi connectivity index (χ1) is 56.4. The minimum absolute atomic E-state index is 0.121. The summed E-state index contributed by atoms with van der Waals surface area (Å²) in [5.74, 6) is 2.51. The van der Waals surface area contributed by atoms with E-state index in [4.69, 9.17) is 14.2 Å². The van der Waals surface area contributed by atoms with Gasteiger partial charge in [0.05, 0.1) is 22.3 Å². The molecule has 0 atom stereocenters. The lowest BCUT2D eigenvalue weighted by Gasteiger charge is -2.41. The lowest BCUT2D eigenvalue weighted by molar-refractivity contribution is -0.151. The van der Waals surface area contributed by atoms with Crippen LogP contribution in [0, 0.1) is 27.6 Å². The monoisotopic (exact) mass is 1750 g/mol. The third kappa shape index (κ3) is 44.3. The first-order valence-electron chi connectivity index (χ1n) is 47.2. The molecule has 123 heavy (non-hydrogen) atoms. The Bertz CT molecular complexity index is 3750. The van der Waals surface area contributed by atoms with Crippen molar-refractivity contribution >= 4 is 48.6 Å². The summed E-state index contributed by atoms with van der Waals surface area (Å²) in [5, 5.41) is 3.91. The maximum atomic E-state index is 10.2. The molecular formula is C115H190O4Si4. The van der Waals surface area contributed by atoms with E-state index in [0.29, 0.717) is 26.3 Å². The van der Waals surface area contributed by atoms with Crippen LogP contribution in [-0.4, -0.2) is 58.1 Å². The predicted molar refractivity (Wildman–Crippen MR) is 565 cm³/mol. The van der Waals surface area contributed by atoms with Crippen LogP contribution in [0.2, 0.25) is 85.6 Å². The molecule has 10 rings (SSSR count). The molecule has 8 aromatic carbocycles. The van der Waals surface area contributed by atoms with Gasteiger partial charge in [0.2, 0.25) is 0 Å². The molecule has 0 spiro atoms. The van der Waals surface area contributed by atoms with Gasteiger partial charge in [0, 0.05) is 33.9 Å². The number of hydrogen-bond acceptors (Lipinski definition) is 4. The molecule has 2 aliphatic carbocycles. The summed E-state index contributed by atoms with van der Waals surface area (Å²) in [6.45, 7) is 91.1. The molecule has 0 radical (unpaired) electrons. The number of rotatable bonds is 14. The van der Waals surface area contributed by atoms with E-state index in [9.17, 15) is 4.79 Å². The summed E-state index contributed by atoms with van der Waals surface area (Å²) in [7, 11) is -0.776. The van der Waals surface area contributed by atoms with Gasteiger partial charge in [-0.05, 0) is 156 Å². The second-order valence-electron chi connectivity index (χ2n) is 46.3. The highest BCUT2D eigenvalue weighted by molar-refractivity contribution is 7.03. The molecule has 4 nitrogen and oxygen atoms in total. The van der Waals surface area contributed by atoms with Gasteiger partial charge in [-0.1, -0.05) is 510 Å². The zero-order valence-electron chi connectivity index (χ0n) is 87.7. The van der Waals surface area contributed by atoms with E-state index in [1.807, 2.05) is 51.1 Å². The molecule has 0 aromatic heterocycles. The van der Waals surface area contributed by atoms with Gasteiger partial charge in [0.1, 0.15) is 25.2 Å². The van der Waals surface area contributed by atoms with Gasteiger partial charge in [-0.3, -0.25) is 4.79 Å². The summed E-state index contributed by atoms with van der Waals surface area (Å²) in [6, 6.07) is 81.3. The van der Waals surface area contributed by atoms with Gasteiger partial charge >= 0.3 is 5.97 Å². The molecule has 8 aromatic rings. The van der Waals surface area contributed by atoms with Gasteiger partial charge < -0.3 is 14.2 Å². The van der Waals surface area contributed by atoms with E-state index >= 15 is 0 Å². The van der Waals surface area contributed by atoms with E-state index in [1.165, 1.54) is 121 Å². The SMILES string of the molecule is CC(=O)OC(C)(C)C.CC(C)(C)C.CC(C)(C)C1CCCCC1.CC(C)(C)[Si](C)(C)C.CC(C)(C)[Si](C)(c1ccccc1)c1ccccc1.CC(C)[Si](C)(C(C)C)C(C)C.CC(c1ccccc1)(c1ccccc1)c1ccccc1.CCC(C)(C)C.CCC1(C)CCCC1.COc1ccc(C(C)(c2ccccc2)c2ccc(OC)cc2)cc1.C[Si](C)(C)C. The Morgan fingerprint density at radius 1 is 0.382 bits per heavy atom. The van der Waals surface area contributed by atoms with Crippen molar-refractivity contribution in [1.29, 1.82) is 0 Å². The number of ether oxygens (including phenoxy) is 3. The third-order valence-corrected chi connectivity index (χ3v) is 43.9. The Labute approximate surface area is 766 Å². The lowest BCUT2D eigenvalue weighted by atomic mass is 9.71. The zero-order chi connectivity index (χ0) is 94.9. The topological polar surface area (TPSA) is 44.8 Å². The van der Waals surface area contributed by atoms with Crippen LogP contribution in [-0.2, 0) is 20.4 Å². The molecular weight excluding hydrogens is 1560 g/mol. The van der Waals surface area contributed by atoms with Crippen molar-refractivity contribution in [3.63, 3.8) is 0 Å². The number of hydrogen-bond donors (Lipinski definition) is 0. The fraction of sp³-hybridized carbons (Fsp3) is 0.574. The van der Waals surface area contributed by atoms with Crippen LogP contribution < -0.4 is 19.8 Å². The highest BCUT2D eigenvalue weighted by Gasteiger charge is 2.43. The minimum Gasteiger partial charge on any atom is -0.497 e. The van der Waals surface area contributed by atoms with Gasteiger partial charge in [-0.25, -0.2) is 0 Å². The van der Waals surface area contributed by atoms with Crippen LogP contribution in [0.5, 0.6) is 11.5 Å². The fourth-order valence-electron chi connectivity index (χ4n) is 14.5. The van der Waals surface area contributed by atoms with Crippen molar-refractivity contribution in [1.82, 2.24) is 0 Å². The van der Waals surface area contributed by atoms with Crippen LogP contribution >= 0.6 is 0 Å². The van der Waals surface area contributed by atoms with Crippen LogP contribution in [0.4, 0.5) is 0 Å². The van der Waals surface area contributed by atoms with Crippen LogP contribution in [0.15, 0.2) is 231 Å². The molecule has 2 fully saturated rings. The second kappa shape index (κ2) is 53.5. The molecule has 0 N–H and O–H groups in total. The molecule has 2 saturated carbocycles. The van der Waals surface area contributed by atoms with Gasteiger partial charge in [-0.15, -0.1) is 0 Å². The minimum atomic E-state index is -1.70. The lowest BCUT2D eigenvalue weighted by Crippen LogP contribution is -2.61. The van der Waals surface area contributed by atoms with Crippen LogP contribution in [0.1, 0.15) is 319 Å². The molecule has 0 aliphatic heterocycles. The summed E-state index contributed by atoms with van der Waals surface area (Å²) in [5.41, 5.74) is 12.1. The Kier molecular flexibility index (Phi) is 50.7. The van der Waals surface area contributed by atoms with E-state index in [0.717, 1.165) is 39.5 Å². The van der Waals surface area contributed by atoms with E-state index in [1.54, 1.807) is 14.2 Å². The molecule has 0 bridgehead atoms. The molecule has 0 unspecified atom stereocenters. The Morgan fingerprint density at radius 2 is 0.618 bits per heavy atom. The first kappa shape index (κ1) is 117. The number of benzene rings is 8. The van der Waals surface area contributed by atoms with Crippen molar-refractivity contribution < 1.29 is 19.0 Å². The zero-order valence-corrected chi connectivity index (χ0v) is 91.7. The highest BCUT2D eigenvalue weighted by atomic mass is 28.3. The standard InChI is InChI=1S/C22H22O2.C20H18.C17H22Si.C10H24Si.C10H20.C8H16.C7H18Si.C6H12O2.C6H14.C5H12.C4H12Si/c1-22(17-7-5-4-6-8-17,18-9-13-20(23-2)14-10-18)19-11-15-21(24-3)16-12-19;1-20(17-11-5-2-6-12-17,18-13-7-3-8-14-18)19-15-9-4-10-16-19;1-17(2,3)18(4,15-11-7-5-8-12-15)16-13-9-6-10-14-16;1-8(2)11(7,9(3)4)10(5)6;1-10(2,3)9-7-5-4-6-8-9;1-3-8(2)6-4-5-7-8;1-7(2,3)8(4,5)6;1-5(7)8-6(2,3)4;1-5-6(2,3)4;2*1-5(2,3)4/h4-16H,1-3H3;2-16H,1H3;5-14H,1-4H3;8-10H,1-7H3;9H,4-8H2,1-3H3;3-7H2,1-2H3;1-6H3;1-4H3;5H2,1-4H3;2*1-4H3. The highest BCUT2D eigenvalue weighted by Crippen LogP contribution is 2.45. The van der Waals surface area contributed by atoms with Crippen LogP contribution in [0.25, 0.3) is 0 Å². The fourth-order valence-corrected chi connectivity index (χ4v) is 22.3. The first-order valence-corrected chi connectivity index (χ1v) is 59.9. The summed E-state index contributed by atoms with van der Waals surface area (Å²) in [4.78, 5) is 10.2. The number of carbonyl (C=O) groups excluding carboxylic acids is 1. The normalized spacial score (nSPS) is 13.8. The van der Waals surface area contributed by atoms with Gasteiger partial charge in [0.15, 0.2) is 0 Å². The number of esters is 1. The molecule has 0 amide bonds. The second-order valence-corrected chi connectivity index (χ2v) is 69.4. The van der Waals surface area contributed by atoms with Crippen molar-refractivity contribution in [3.05, 3.63) is 264 Å². The Hall–Kier alpha value is -6.30. The van der Waals surface area contributed by atoms with E-state index < -0.39 is 32.3 Å². The van der Waals surface area contributed by atoms with Crippen molar-refractivity contribution in [2.75, 3.05) is 14.2 Å². The smallest absolute Gasteiger partial charge is 0.303 e. The van der Waals surface area contributed by atoms with E-state index in [2.05, 4.69) is 446 Å². The maximum Gasteiger partial charge on any atom is 0.303 e.